The minimum absolute atomic E-state index is 0.313. The van der Waals surface area contributed by atoms with E-state index in [9.17, 15) is 9.18 Å². The first-order chi connectivity index (χ1) is 11.2. The number of rotatable bonds is 2. The molecule has 0 fully saturated rings. The number of hydrogen-bond acceptors (Lipinski definition) is 4. The van der Waals surface area contributed by atoms with Gasteiger partial charge in [-0.2, -0.15) is 5.10 Å². The van der Waals surface area contributed by atoms with Gasteiger partial charge in [0.2, 0.25) is 0 Å². The molecule has 0 unspecified atom stereocenters. The van der Waals surface area contributed by atoms with Gasteiger partial charge in [0.15, 0.2) is 5.65 Å². The highest BCUT2D eigenvalue weighted by Gasteiger charge is 2.11. The maximum absolute atomic E-state index is 13.8. The first-order valence-corrected chi connectivity index (χ1v) is 6.85. The fraction of sp³-hybridized carbons (Fsp3) is 0. The summed E-state index contributed by atoms with van der Waals surface area (Å²) in [6, 6.07) is 7.86. The summed E-state index contributed by atoms with van der Waals surface area (Å²) in [5.41, 5.74) is 1.60. The fourth-order valence-electron chi connectivity index (χ4n) is 2.41. The van der Waals surface area contributed by atoms with Crippen LogP contribution in [0.2, 0.25) is 0 Å². The van der Waals surface area contributed by atoms with E-state index in [1.807, 2.05) is 0 Å². The summed E-state index contributed by atoms with van der Waals surface area (Å²) in [6.45, 7) is 0. The van der Waals surface area contributed by atoms with Gasteiger partial charge in [-0.1, -0.05) is 0 Å². The van der Waals surface area contributed by atoms with Gasteiger partial charge in [-0.25, -0.2) is 13.9 Å². The van der Waals surface area contributed by atoms with E-state index in [1.54, 1.807) is 30.6 Å². The minimum Gasteiger partial charge on any atom is -0.321 e. The van der Waals surface area contributed by atoms with Crippen LogP contribution in [0.5, 0.6) is 0 Å². The van der Waals surface area contributed by atoms with Crippen molar-refractivity contribution in [3.63, 3.8) is 0 Å². The number of halogens is 1. The number of aromatic nitrogens is 4. The van der Waals surface area contributed by atoms with E-state index in [2.05, 4.69) is 20.4 Å². The second kappa shape index (κ2) is 5.13. The van der Waals surface area contributed by atoms with Crippen LogP contribution in [0.15, 0.2) is 55.2 Å². The summed E-state index contributed by atoms with van der Waals surface area (Å²) in [7, 11) is 0. The van der Waals surface area contributed by atoms with Crippen molar-refractivity contribution in [2.75, 3.05) is 5.32 Å². The van der Waals surface area contributed by atoms with Crippen LogP contribution in [0.25, 0.3) is 16.4 Å². The Morgan fingerprint density at radius 3 is 2.96 bits per heavy atom. The van der Waals surface area contributed by atoms with Crippen molar-refractivity contribution in [1.82, 2.24) is 19.6 Å². The van der Waals surface area contributed by atoms with Crippen LogP contribution in [0, 0.1) is 5.82 Å². The lowest BCUT2D eigenvalue weighted by atomic mass is 10.1. The summed E-state index contributed by atoms with van der Waals surface area (Å²) < 4.78 is 15.3. The maximum Gasteiger partial charge on any atom is 0.257 e. The van der Waals surface area contributed by atoms with E-state index in [-0.39, 0.29) is 11.7 Å². The number of carbonyl (C=O) groups excluding carboxylic acids is 1. The lowest BCUT2D eigenvalue weighted by Crippen LogP contribution is -2.13. The highest BCUT2D eigenvalue weighted by molar-refractivity contribution is 6.09. The molecular formula is C16H10FN5O. The molecule has 3 heterocycles. The van der Waals surface area contributed by atoms with Gasteiger partial charge in [0.1, 0.15) is 12.1 Å². The molecule has 3 aromatic heterocycles. The van der Waals surface area contributed by atoms with Crippen LogP contribution in [0.4, 0.5) is 10.1 Å². The Kier molecular flexibility index (Phi) is 2.97. The monoisotopic (exact) mass is 307 g/mol. The predicted octanol–water partition coefficient (Wildman–Crippen LogP) is 2.67. The molecule has 0 spiro atoms. The lowest BCUT2D eigenvalue weighted by molar-refractivity contribution is 0.102. The fourth-order valence-corrected chi connectivity index (χ4v) is 2.41. The molecule has 0 radical (unpaired) electrons. The summed E-state index contributed by atoms with van der Waals surface area (Å²) in [6.07, 6.45) is 5.99. The quantitative estimate of drug-likeness (QED) is 0.618. The van der Waals surface area contributed by atoms with Crippen LogP contribution >= 0.6 is 0 Å². The van der Waals surface area contributed by atoms with Crippen LogP contribution in [-0.4, -0.2) is 25.5 Å². The number of nitrogens with zero attached hydrogens (tertiary/aromatic N) is 4. The molecule has 1 N–H and O–H groups in total. The number of nitrogens with one attached hydrogen (secondary N) is 1. The third kappa shape index (κ3) is 2.28. The zero-order valence-electron chi connectivity index (χ0n) is 11.8. The molecule has 0 atom stereocenters. The molecule has 0 aliphatic carbocycles. The average molecular weight is 307 g/mol. The molecule has 0 saturated carbocycles. The molecule has 4 rings (SSSR count). The average Bonchev–Trinajstić information content (AvgIpc) is 3.05. The van der Waals surface area contributed by atoms with Crippen LogP contribution in [0.1, 0.15) is 10.4 Å². The number of hydrogen-bond donors (Lipinski definition) is 1. The Hall–Kier alpha value is -3.35. The zero-order valence-corrected chi connectivity index (χ0v) is 11.8. The Balaban J connectivity index is 1.72. The van der Waals surface area contributed by atoms with Gasteiger partial charge in [-0.15, -0.1) is 0 Å². The number of anilines is 1. The van der Waals surface area contributed by atoms with E-state index in [1.165, 1.54) is 29.2 Å². The molecule has 0 aliphatic heterocycles. The van der Waals surface area contributed by atoms with Crippen molar-refractivity contribution in [3.8, 4) is 0 Å². The third-order valence-corrected chi connectivity index (χ3v) is 3.55. The Morgan fingerprint density at radius 2 is 2.04 bits per heavy atom. The summed E-state index contributed by atoms with van der Waals surface area (Å²) >= 11 is 0. The molecule has 1 amide bonds. The van der Waals surface area contributed by atoms with Gasteiger partial charge in [0, 0.05) is 35.1 Å². The van der Waals surface area contributed by atoms with Gasteiger partial charge < -0.3 is 5.32 Å². The predicted molar refractivity (Wildman–Crippen MR) is 82.6 cm³/mol. The van der Waals surface area contributed by atoms with Gasteiger partial charge in [0.25, 0.3) is 5.91 Å². The summed E-state index contributed by atoms with van der Waals surface area (Å²) in [5, 5.41) is 7.74. The van der Waals surface area contributed by atoms with Gasteiger partial charge in [-0.3, -0.25) is 9.78 Å². The maximum atomic E-state index is 13.8. The first-order valence-electron chi connectivity index (χ1n) is 6.85. The standard InChI is InChI=1S/C16H10FN5O/c17-13-2-3-14(11-5-6-18-7-12(11)13)21-16(23)10-1-4-15-19-9-20-22(15)8-10/h1-9H,(H,21,23). The SMILES string of the molecule is O=C(Nc1ccc(F)c2cnccc12)c1ccc2ncnn2c1. The molecule has 23 heavy (non-hydrogen) atoms. The largest absolute Gasteiger partial charge is 0.321 e. The zero-order chi connectivity index (χ0) is 15.8. The van der Waals surface area contributed by atoms with E-state index in [0.717, 1.165) is 0 Å². The van der Waals surface area contributed by atoms with Gasteiger partial charge >= 0.3 is 0 Å². The number of fused-ring (bicyclic) bond motifs is 2. The van der Waals surface area contributed by atoms with Crippen molar-refractivity contribution < 1.29 is 9.18 Å². The molecule has 7 heteroatoms. The van der Waals surface area contributed by atoms with E-state index in [0.29, 0.717) is 27.7 Å². The molecule has 0 aliphatic rings. The highest BCUT2D eigenvalue weighted by atomic mass is 19.1. The molecule has 1 aromatic carbocycles. The second-order valence-electron chi connectivity index (χ2n) is 4.95. The number of carbonyl (C=O) groups is 1. The van der Waals surface area contributed by atoms with Crippen molar-refractivity contribution in [2.24, 2.45) is 0 Å². The first kappa shape index (κ1) is 13.3. The summed E-state index contributed by atoms with van der Waals surface area (Å²) in [4.78, 5) is 20.4. The second-order valence-corrected chi connectivity index (χ2v) is 4.95. The summed E-state index contributed by atoms with van der Waals surface area (Å²) in [5.74, 6) is -0.692. The smallest absolute Gasteiger partial charge is 0.257 e. The molecule has 0 bridgehead atoms. The molecule has 0 saturated heterocycles. The van der Waals surface area contributed by atoms with Gasteiger partial charge in [-0.05, 0) is 30.3 Å². The van der Waals surface area contributed by atoms with Crippen LogP contribution in [-0.2, 0) is 0 Å². The molecular weight excluding hydrogens is 297 g/mol. The Labute approximate surface area is 129 Å². The van der Waals surface area contributed by atoms with E-state index >= 15 is 0 Å². The van der Waals surface area contributed by atoms with Gasteiger partial charge in [0.05, 0.1) is 5.56 Å². The van der Waals surface area contributed by atoms with Crippen molar-refractivity contribution in [2.45, 2.75) is 0 Å². The normalized spacial score (nSPS) is 11.0. The van der Waals surface area contributed by atoms with Crippen LogP contribution in [0.3, 0.4) is 0 Å². The van der Waals surface area contributed by atoms with Crippen molar-refractivity contribution in [1.29, 1.82) is 0 Å². The number of pyridine rings is 2. The van der Waals surface area contributed by atoms with E-state index < -0.39 is 0 Å². The van der Waals surface area contributed by atoms with Crippen molar-refractivity contribution in [3.05, 3.63) is 66.6 Å². The lowest BCUT2D eigenvalue weighted by Gasteiger charge is -2.09. The molecule has 6 nitrogen and oxygen atoms in total. The van der Waals surface area contributed by atoms with Crippen molar-refractivity contribution >= 4 is 28.0 Å². The highest BCUT2D eigenvalue weighted by Crippen LogP contribution is 2.25. The van der Waals surface area contributed by atoms with Crippen LogP contribution < -0.4 is 5.32 Å². The molecule has 112 valence electrons. The number of amides is 1. The minimum atomic E-state index is -0.380. The third-order valence-electron chi connectivity index (χ3n) is 3.55. The van der Waals surface area contributed by atoms with E-state index in [4.69, 9.17) is 0 Å². The Bertz CT molecular complexity index is 1040. The molecule has 4 aromatic rings. The Morgan fingerprint density at radius 1 is 1.13 bits per heavy atom. The topological polar surface area (TPSA) is 72.2 Å². The number of benzene rings is 1.